The lowest BCUT2D eigenvalue weighted by molar-refractivity contribution is -0.131. The van der Waals surface area contributed by atoms with Crippen LogP contribution in [0.4, 0.5) is 17.1 Å². The van der Waals surface area contributed by atoms with Crippen LogP contribution in [0.15, 0.2) is 36.4 Å². The molecule has 0 aliphatic heterocycles. The van der Waals surface area contributed by atoms with Crippen molar-refractivity contribution < 1.29 is 14.4 Å². The van der Waals surface area contributed by atoms with Crippen molar-refractivity contribution in [3.05, 3.63) is 52.5 Å². The van der Waals surface area contributed by atoms with Crippen molar-refractivity contribution in [2.24, 2.45) is 5.41 Å². The van der Waals surface area contributed by atoms with E-state index in [0.29, 0.717) is 34.9 Å². The second-order valence-electron chi connectivity index (χ2n) is 7.19. The van der Waals surface area contributed by atoms with Crippen molar-refractivity contribution >= 4 is 46.4 Å². The summed E-state index contributed by atoms with van der Waals surface area (Å²) in [6.07, 6.45) is 0.942. The van der Waals surface area contributed by atoms with Gasteiger partial charge in [0.2, 0.25) is 17.7 Å². The highest BCUT2D eigenvalue weighted by atomic mass is 35.5. The number of aryl methyl sites for hydroxylation is 2. The average molecular weight is 400 g/mol. The number of hydrogen-bond donors (Lipinski definition) is 3. The van der Waals surface area contributed by atoms with Crippen molar-refractivity contribution in [3.63, 3.8) is 0 Å². The third-order valence-corrected chi connectivity index (χ3v) is 5.03. The van der Waals surface area contributed by atoms with Crippen molar-refractivity contribution in [3.8, 4) is 0 Å². The number of benzene rings is 2. The molecule has 146 valence electrons. The number of halogens is 1. The maximum absolute atomic E-state index is 12.8. The van der Waals surface area contributed by atoms with Gasteiger partial charge in [0.25, 0.3) is 0 Å². The van der Waals surface area contributed by atoms with E-state index in [1.165, 1.54) is 6.92 Å². The van der Waals surface area contributed by atoms with E-state index in [4.69, 9.17) is 11.6 Å². The van der Waals surface area contributed by atoms with Crippen LogP contribution in [0.1, 0.15) is 30.9 Å². The van der Waals surface area contributed by atoms with Crippen molar-refractivity contribution in [1.29, 1.82) is 0 Å². The SMILES string of the molecule is CC(=O)Nc1cccc(NC(=O)C2(C(=O)Nc3c(C)cc(C)cc3Cl)CC2)c1. The summed E-state index contributed by atoms with van der Waals surface area (Å²) in [7, 11) is 0. The summed E-state index contributed by atoms with van der Waals surface area (Å²) in [5, 5.41) is 8.71. The molecule has 3 amide bonds. The summed E-state index contributed by atoms with van der Waals surface area (Å²) in [6, 6.07) is 10.5. The zero-order valence-electron chi connectivity index (χ0n) is 16.0. The monoisotopic (exact) mass is 399 g/mol. The van der Waals surface area contributed by atoms with E-state index < -0.39 is 5.41 Å². The van der Waals surface area contributed by atoms with E-state index in [-0.39, 0.29) is 17.7 Å². The first kappa shape index (κ1) is 19.9. The van der Waals surface area contributed by atoms with Gasteiger partial charge >= 0.3 is 0 Å². The van der Waals surface area contributed by atoms with Crippen LogP contribution >= 0.6 is 11.6 Å². The number of nitrogens with one attached hydrogen (secondary N) is 3. The maximum atomic E-state index is 12.8. The van der Waals surface area contributed by atoms with Crippen molar-refractivity contribution in [2.45, 2.75) is 33.6 Å². The molecule has 3 N–H and O–H groups in total. The molecular formula is C21H22ClN3O3. The lowest BCUT2D eigenvalue weighted by Gasteiger charge is -2.18. The van der Waals surface area contributed by atoms with Gasteiger partial charge in [-0.25, -0.2) is 0 Å². The highest BCUT2D eigenvalue weighted by Crippen LogP contribution is 2.48. The van der Waals surface area contributed by atoms with E-state index in [1.54, 1.807) is 30.3 Å². The fourth-order valence-corrected chi connectivity index (χ4v) is 3.49. The van der Waals surface area contributed by atoms with Gasteiger partial charge in [0.15, 0.2) is 0 Å². The van der Waals surface area contributed by atoms with Gasteiger partial charge in [0, 0.05) is 18.3 Å². The third kappa shape index (κ3) is 4.17. The van der Waals surface area contributed by atoms with Crippen LogP contribution in [0, 0.1) is 19.3 Å². The van der Waals surface area contributed by atoms with Gasteiger partial charge in [-0.2, -0.15) is 0 Å². The Kier molecular flexibility index (Phi) is 5.42. The standard InChI is InChI=1S/C21H22ClN3O3/c1-12-9-13(2)18(17(22)10-12)25-20(28)21(7-8-21)19(27)24-16-6-4-5-15(11-16)23-14(3)26/h4-6,9-11H,7-8H2,1-3H3,(H,23,26)(H,24,27)(H,25,28). The second kappa shape index (κ2) is 7.64. The minimum Gasteiger partial charge on any atom is -0.326 e. The van der Waals surface area contributed by atoms with E-state index in [1.807, 2.05) is 19.9 Å². The molecule has 0 heterocycles. The average Bonchev–Trinajstić information content (AvgIpc) is 3.39. The highest BCUT2D eigenvalue weighted by Gasteiger charge is 2.56. The number of hydrogen-bond acceptors (Lipinski definition) is 3. The van der Waals surface area contributed by atoms with Crippen LogP contribution < -0.4 is 16.0 Å². The lowest BCUT2D eigenvalue weighted by Crippen LogP contribution is -2.36. The molecule has 28 heavy (non-hydrogen) atoms. The van der Waals surface area contributed by atoms with E-state index in [0.717, 1.165) is 11.1 Å². The maximum Gasteiger partial charge on any atom is 0.240 e. The molecule has 0 bridgehead atoms. The highest BCUT2D eigenvalue weighted by molar-refractivity contribution is 6.34. The molecular weight excluding hydrogens is 378 g/mol. The molecule has 1 aliphatic rings. The molecule has 0 spiro atoms. The van der Waals surface area contributed by atoms with Crippen LogP contribution in [0.3, 0.4) is 0 Å². The second-order valence-corrected chi connectivity index (χ2v) is 7.60. The number of carbonyl (C=O) groups excluding carboxylic acids is 3. The van der Waals surface area contributed by atoms with Crippen LogP contribution in [-0.4, -0.2) is 17.7 Å². The Morgan fingerprint density at radius 1 is 0.929 bits per heavy atom. The Labute approximate surface area is 168 Å². The molecule has 0 saturated heterocycles. The van der Waals surface area contributed by atoms with Gasteiger partial charge in [0.1, 0.15) is 5.41 Å². The molecule has 0 aromatic heterocycles. The van der Waals surface area contributed by atoms with E-state index in [2.05, 4.69) is 16.0 Å². The summed E-state index contributed by atoms with van der Waals surface area (Å²) in [5.41, 5.74) is 2.35. The van der Waals surface area contributed by atoms with Gasteiger partial charge in [-0.3, -0.25) is 14.4 Å². The first-order valence-corrected chi connectivity index (χ1v) is 9.36. The summed E-state index contributed by atoms with van der Waals surface area (Å²) >= 11 is 6.27. The number of carbonyl (C=O) groups is 3. The minimum absolute atomic E-state index is 0.202. The molecule has 1 fully saturated rings. The molecule has 6 nitrogen and oxygen atoms in total. The summed E-state index contributed by atoms with van der Waals surface area (Å²) < 4.78 is 0. The largest absolute Gasteiger partial charge is 0.326 e. The van der Waals surface area contributed by atoms with Crippen molar-refractivity contribution in [2.75, 3.05) is 16.0 Å². The number of rotatable bonds is 5. The van der Waals surface area contributed by atoms with Crippen LogP contribution in [0.2, 0.25) is 5.02 Å². The summed E-state index contributed by atoms with van der Waals surface area (Å²) in [5.74, 6) is -0.936. The molecule has 3 rings (SSSR count). The van der Waals surface area contributed by atoms with E-state index >= 15 is 0 Å². The number of amides is 3. The van der Waals surface area contributed by atoms with Crippen LogP contribution in [0.25, 0.3) is 0 Å². The Hall–Kier alpha value is -2.86. The van der Waals surface area contributed by atoms with Crippen molar-refractivity contribution in [1.82, 2.24) is 0 Å². The molecule has 0 atom stereocenters. The summed E-state index contributed by atoms with van der Waals surface area (Å²) in [6.45, 7) is 5.20. The molecule has 7 heteroatoms. The first-order chi connectivity index (χ1) is 13.2. The van der Waals surface area contributed by atoms with E-state index in [9.17, 15) is 14.4 Å². The minimum atomic E-state index is -1.11. The predicted octanol–water partition coefficient (Wildman–Crippen LogP) is 4.27. The van der Waals surface area contributed by atoms with Crippen LogP contribution in [0.5, 0.6) is 0 Å². The fraction of sp³-hybridized carbons (Fsp3) is 0.286. The molecule has 1 saturated carbocycles. The molecule has 2 aromatic rings. The normalized spacial score (nSPS) is 14.1. The van der Waals surface area contributed by atoms with Gasteiger partial charge in [-0.1, -0.05) is 23.7 Å². The predicted molar refractivity (Wildman–Crippen MR) is 111 cm³/mol. The lowest BCUT2D eigenvalue weighted by atomic mass is 10.0. The molecule has 0 unspecified atom stereocenters. The number of anilines is 3. The zero-order valence-corrected chi connectivity index (χ0v) is 16.7. The first-order valence-electron chi connectivity index (χ1n) is 8.98. The topological polar surface area (TPSA) is 87.3 Å². The summed E-state index contributed by atoms with van der Waals surface area (Å²) in [4.78, 5) is 36.8. The Balaban J connectivity index is 1.74. The quantitative estimate of drug-likeness (QED) is 0.656. The Morgan fingerprint density at radius 3 is 2.11 bits per heavy atom. The Morgan fingerprint density at radius 2 is 1.54 bits per heavy atom. The van der Waals surface area contributed by atoms with Gasteiger partial charge in [-0.05, 0) is 62.1 Å². The van der Waals surface area contributed by atoms with Gasteiger partial charge in [0.05, 0.1) is 10.7 Å². The molecule has 2 aromatic carbocycles. The molecule has 1 aliphatic carbocycles. The van der Waals surface area contributed by atoms with Gasteiger partial charge < -0.3 is 16.0 Å². The van der Waals surface area contributed by atoms with Gasteiger partial charge in [-0.15, -0.1) is 0 Å². The fourth-order valence-electron chi connectivity index (χ4n) is 3.12. The van der Waals surface area contributed by atoms with Crippen LogP contribution in [-0.2, 0) is 14.4 Å². The molecule has 0 radical (unpaired) electrons. The third-order valence-electron chi connectivity index (χ3n) is 4.73. The smallest absolute Gasteiger partial charge is 0.240 e. The Bertz CT molecular complexity index is 944. The zero-order chi connectivity index (χ0) is 20.5.